The molecule has 0 bridgehead atoms. The van der Waals surface area contributed by atoms with Crippen LogP contribution in [0.15, 0.2) is 28.7 Å². The van der Waals surface area contributed by atoms with Gasteiger partial charge in [0.15, 0.2) is 0 Å². The van der Waals surface area contributed by atoms with Crippen LogP contribution in [0.25, 0.3) is 0 Å². The van der Waals surface area contributed by atoms with Gasteiger partial charge in [-0.15, -0.1) is 0 Å². The summed E-state index contributed by atoms with van der Waals surface area (Å²) in [5.74, 6) is -0.459. The van der Waals surface area contributed by atoms with Gasteiger partial charge in [0, 0.05) is 17.9 Å². The molecule has 1 rings (SSSR count). The number of carbonyl (C=O) groups is 2. The second kappa shape index (κ2) is 7.89. The Balaban J connectivity index is 2.28. The molecule has 5 nitrogen and oxygen atoms in total. The van der Waals surface area contributed by atoms with Crippen LogP contribution < -0.4 is 4.74 Å². The molecule has 0 aliphatic heterocycles. The fourth-order valence-electron chi connectivity index (χ4n) is 1.50. The summed E-state index contributed by atoms with van der Waals surface area (Å²) in [6, 6.07) is 6.62. The number of likely N-dealkylation sites (N-methyl/N-ethyl adjacent to an activating group) is 1. The van der Waals surface area contributed by atoms with Gasteiger partial charge in [-0.3, -0.25) is 4.79 Å². The van der Waals surface area contributed by atoms with E-state index in [1.165, 1.54) is 18.9 Å². The van der Waals surface area contributed by atoms with Crippen molar-refractivity contribution in [3.8, 4) is 5.75 Å². The van der Waals surface area contributed by atoms with Gasteiger partial charge in [-0.2, -0.15) is 0 Å². The Hall–Kier alpha value is -1.56. The van der Waals surface area contributed by atoms with E-state index in [-0.39, 0.29) is 12.3 Å². The molecule has 0 saturated carbocycles. The van der Waals surface area contributed by atoms with E-state index in [9.17, 15) is 9.59 Å². The zero-order valence-electron chi connectivity index (χ0n) is 11.5. The van der Waals surface area contributed by atoms with Crippen LogP contribution in [-0.2, 0) is 9.59 Å². The van der Waals surface area contributed by atoms with Crippen molar-refractivity contribution >= 4 is 27.8 Å². The molecule has 1 aromatic rings. The number of carbonyl (C=O) groups excluding carboxylic acids is 1. The molecule has 6 heteroatoms. The summed E-state index contributed by atoms with van der Waals surface area (Å²) in [6.45, 7) is 1.90. The van der Waals surface area contributed by atoms with Gasteiger partial charge in [-0.05, 0) is 37.6 Å². The molecule has 110 valence electrons. The summed E-state index contributed by atoms with van der Waals surface area (Å²) in [4.78, 5) is 23.7. The van der Waals surface area contributed by atoms with Crippen molar-refractivity contribution in [3.05, 3.63) is 28.7 Å². The van der Waals surface area contributed by atoms with Crippen molar-refractivity contribution in [2.75, 3.05) is 13.7 Å². The van der Waals surface area contributed by atoms with E-state index >= 15 is 0 Å². The predicted molar refractivity (Wildman–Crippen MR) is 78.7 cm³/mol. The highest BCUT2D eigenvalue weighted by Gasteiger charge is 2.20. The minimum atomic E-state index is -1.01. The summed E-state index contributed by atoms with van der Waals surface area (Å²) in [5, 5.41) is 8.82. The molecule has 1 unspecified atom stereocenters. The zero-order valence-corrected chi connectivity index (χ0v) is 13.1. The van der Waals surface area contributed by atoms with Crippen molar-refractivity contribution in [2.24, 2.45) is 0 Å². The van der Waals surface area contributed by atoms with Crippen molar-refractivity contribution in [1.29, 1.82) is 0 Å². The number of hydrogen-bond acceptors (Lipinski definition) is 3. The van der Waals surface area contributed by atoms with E-state index in [1.807, 2.05) is 24.3 Å². The standard InChI is InChI=1S/C14H18BrNO4/c1-10(14(18)19)16(2)13(17)4-3-9-20-12-7-5-11(15)6-8-12/h5-8,10H,3-4,9H2,1-2H3,(H,18,19). The summed E-state index contributed by atoms with van der Waals surface area (Å²) in [6.07, 6.45) is 0.816. The molecule has 1 N–H and O–H groups in total. The molecular weight excluding hydrogens is 326 g/mol. The smallest absolute Gasteiger partial charge is 0.326 e. The summed E-state index contributed by atoms with van der Waals surface area (Å²) < 4.78 is 6.47. The van der Waals surface area contributed by atoms with Gasteiger partial charge < -0.3 is 14.7 Å². The first-order chi connectivity index (χ1) is 9.41. The summed E-state index contributed by atoms with van der Waals surface area (Å²) >= 11 is 3.33. The lowest BCUT2D eigenvalue weighted by Gasteiger charge is -2.21. The Bertz CT molecular complexity index is 461. The van der Waals surface area contributed by atoms with Crippen LogP contribution in [-0.4, -0.2) is 41.6 Å². The quantitative estimate of drug-likeness (QED) is 0.772. The fourth-order valence-corrected chi connectivity index (χ4v) is 1.77. The molecule has 0 saturated heterocycles. The average Bonchev–Trinajstić information content (AvgIpc) is 2.43. The van der Waals surface area contributed by atoms with Gasteiger partial charge in [0.25, 0.3) is 0 Å². The normalized spacial score (nSPS) is 11.8. The lowest BCUT2D eigenvalue weighted by atomic mass is 10.2. The Morgan fingerprint density at radius 3 is 2.50 bits per heavy atom. The van der Waals surface area contributed by atoms with Crippen LogP contribution >= 0.6 is 15.9 Å². The minimum absolute atomic E-state index is 0.195. The number of ether oxygens (including phenoxy) is 1. The predicted octanol–water partition coefficient (Wildman–Crippen LogP) is 2.54. The number of rotatable bonds is 7. The lowest BCUT2D eigenvalue weighted by Crippen LogP contribution is -2.40. The molecule has 1 aromatic carbocycles. The van der Waals surface area contributed by atoms with E-state index in [1.54, 1.807) is 0 Å². The molecule has 1 atom stereocenters. The Morgan fingerprint density at radius 2 is 1.95 bits per heavy atom. The Kier molecular flexibility index (Phi) is 6.51. The van der Waals surface area contributed by atoms with E-state index in [0.717, 1.165) is 10.2 Å². The van der Waals surface area contributed by atoms with E-state index in [4.69, 9.17) is 9.84 Å². The highest BCUT2D eigenvalue weighted by atomic mass is 79.9. The van der Waals surface area contributed by atoms with Gasteiger partial charge in [-0.25, -0.2) is 4.79 Å². The molecule has 0 aromatic heterocycles. The summed E-state index contributed by atoms with van der Waals surface area (Å²) in [5.41, 5.74) is 0. The fraction of sp³-hybridized carbons (Fsp3) is 0.429. The number of carboxylic acid groups (broad SMARTS) is 1. The van der Waals surface area contributed by atoms with Crippen LogP contribution in [0.3, 0.4) is 0 Å². The van der Waals surface area contributed by atoms with E-state index in [2.05, 4.69) is 15.9 Å². The van der Waals surface area contributed by atoms with Crippen LogP contribution in [0.4, 0.5) is 0 Å². The van der Waals surface area contributed by atoms with Crippen molar-refractivity contribution in [1.82, 2.24) is 4.90 Å². The first-order valence-electron chi connectivity index (χ1n) is 6.28. The monoisotopic (exact) mass is 343 g/mol. The third-order valence-electron chi connectivity index (χ3n) is 2.95. The maximum absolute atomic E-state index is 11.7. The van der Waals surface area contributed by atoms with Crippen LogP contribution in [0.2, 0.25) is 0 Å². The van der Waals surface area contributed by atoms with Crippen LogP contribution in [0.1, 0.15) is 19.8 Å². The first-order valence-corrected chi connectivity index (χ1v) is 7.08. The minimum Gasteiger partial charge on any atom is -0.494 e. The number of aliphatic carboxylic acids is 1. The third-order valence-corrected chi connectivity index (χ3v) is 3.48. The molecule has 0 spiro atoms. The van der Waals surface area contributed by atoms with E-state index in [0.29, 0.717) is 13.0 Å². The van der Waals surface area contributed by atoms with Gasteiger partial charge in [-0.1, -0.05) is 15.9 Å². The first kappa shape index (κ1) is 16.5. The number of benzene rings is 1. The number of nitrogens with zero attached hydrogens (tertiary/aromatic N) is 1. The molecule has 0 fully saturated rings. The van der Waals surface area contributed by atoms with Crippen LogP contribution in [0, 0.1) is 0 Å². The Morgan fingerprint density at radius 1 is 1.35 bits per heavy atom. The number of carboxylic acids is 1. The molecule has 1 amide bonds. The molecule has 0 heterocycles. The van der Waals surface area contributed by atoms with Crippen molar-refractivity contribution in [3.63, 3.8) is 0 Å². The highest BCUT2D eigenvalue weighted by Crippen LogP contribution is 2.16. The second-order valence-electron chi connectivity index (χ2n) is 4.42. The van der Waals surface area contributed by atoms with Gasteiger partial charge in [0.1, 0.15) is 11.8 Å². The SMILES string of the molecule is CC(C(=O)O)N(C)C(=O)CCCOc1ccc(Br)cc1. The van der Waals surface area contributed by atoms with E-state index < -0.39 is 12.0 Å². The topological polar surface area (TPSA) is 66.8 Å². The number of hydrogen-bond donors (Lipinski definition) is 1. The summed E-state index contributed by atoms with van der Waals surface area (Å²) in [7, 11) is 1.50. The van der Waals surface area contributed by atoms with Crippen molar-refractivity contribution < 1.29 is 19.4 Å². The maximum Gasteiger partial charge on any atom is 0.326 e. The third kappa shape index (κ3) is 5.21. The number of halogens is 1. The molecule has 20 heavy (non-hydrogen) atoms. The van der Waals surface area contributed by atoms with Gasteiger partial charge in [0.05, 0.1) is 6.61 Å². The average molecular weight is 344 g/mol. The maximum atomic E-state index is 11.7. The largest absolute Gasteiger partial charge is 0.494 e. The van der Waals surface area contributed by atoms with Gasteiger partial charge in [0.2, 0.25) is 5.91 Å². The lowest BCUT2D eigenvalue weighted by molar-refractivity contribution is -0.148. The van der Waals surface area contributed by atoms with Gasteiger partial charge >= 0.3 is 5.97 Å². The molecule has 0 aliphatic carbocycles. The zero-order chi connectivity index (χ0) is 15.1. The molecule has 0 radical (unpaired) electrons. The second-order valence-corrected chi connectivity index (χ2v) is 5.34. The Labute approximate surface area is 126 Å². The van der Waals surface area contributed by atoms with Crippen molar-refractivity contribution in [2.45, 2.75) is 25.8 Å². The number of amides is 1. The molecular formula is C14H18BrNO4. The van der Waals surface area contributed by atoms with Crippen LogP contribution in [0.5, 0.6) is 5.75 Å². The molecule has 0 aliphatic rings. The highest BCUT2D eigenvalue weighted by molar-refractivity contribution is 9.10.